The molecule has 0 saturated carbocycles. The second-order valence-electron chi connectivity index (χ2n) is 4.50. The van der Waals surface area contributed by atoms with Gasteiger partial charge in [0.15, 0.2) is 4.60 Å². The van der Waals surface area contributed by atoms with Crippen molar-refractivity contribution >= 4 is 26.0 Å². The quantitative estimate of drug-likeness (QED) is 0.765. The molecule has 0 spiro atoms. The van der Waals surface area contributed by atoms with E-state index in [0.717, 1.165) is 10.2 Å². The minimum atomic E-state index is -3.83. The van der Waals surface area contributed by atoms with Crippen LogP contribution in [-0.2, 0) is 23.5 Å². The molecule has 0 saturated heterocycles. The highest BCUT2D eigenvalue weighted by Gasteiger charge is 2.26. The minimum Gasteiger partial charge on any atom is -0.395 e. The number of hydrogen-bond donors (Lipinski definition) is 2. The van der Waals surface area contributed by atoms with Crippen LogP contribution in [-0.4, -0.2) is 41.2 Å². The molecule has 9 heteroatoms. The first-order valence-electron chi connectivity index (χ1n) is 6.16. The Balaban J connectivity index is 2.18. The third-order valence-corrected chi connectivity index (χ3v) is 5.27. The van der Waals surface area contributed by atoms with E-state index in [-0.39, 0.29) is 16.2 Å². The second-order valence-corrected chi connectivity index (χ2v) is 6.88. The van der Waals surface area contributed by atoms with Crippen molar-refractivity contribution in [1.82, 2.24) is 19.7 Å². The van der Waals surface area contributed by atoms with Gasteiger partial charge in [-0.05, 0) is 27.9 Å². The van der Waals surface area contributed by atoms with Crippen LogP contribution < -0.4 is 4.72 Å². The molecule has 1 heterocycles. The lowest BCUT2D eigenvalue weighted by molar-refractivity contribution is 0.256. The van der Waals surface area contributed by atoms with E-state index >= 15 is 0 Å². The van der Waals surface area contributed by atoms with Crippen LogP contribution in [0.3, 0.4) is 0 Å². The van der Waals surface area contributed by atoms with Crippen LogP contribution in [0.15, 0.2) is 40.0 Å². The smallest absolute Gasteiger partial charge is 0.260 e. The fourth-order valence-electron chi connectivity index (χ4n) is 1.93. The maximum absolute atomic E-state index is 12.3. The molecule has 0 aliphatic carbocycles. The zero-order chi connectivity index (χ0) is 15.5. The summed E-state index contributed by atoms with van der Waals surface area (Å²) in [5, 5.41) is 16.6. The number of nitrogens with one attached hydrogen (secondary N) is 1. The molecular formula is C12H15BrN4O3S. The summed E-state index contributed by atoms with van der Waals surface area (Å²) in [6.07, 6.45) is 0.388. The summed E-state index contributed by atoms with van der Waals surface area (Å²) in [5.41, 5.74) is 0.932. The number of benzene rings is 1. The van der Waals surface area contributed by atoms with Gasteiger partial charge in [0.1, 0.15) is 0 Å². The van der Waals surface area contributed by atoms with Crippen molar-refractivity contribution in [2.24, 2.45) is 7.05 Å². The monoisotopic (exact) mass is 374 g/mol. The Morgan fingerprint density at radius 2 is 2.05 bits per heavy atom. The number of aliphatic hydroxyl groups is 1. The van der Waals surface area contributed by atoms with E-state index < -0.39 is 16.1 Å². The molecule has 2 aromatic rings. The summed E-state index contributed by atoms with van der Waals surface area (Å²) >= 11 is 3.06. The fraction of sp³-hybridized carbons (Fsp3) is 0.333. The van der Waals surface area contributed by atoms with Gasteiger partial charge in [-0.25, -0.2) is 17.8 Å². The lowest BCUT2D eigenvalue weighted by atomic mass is 10.1. The predicted octanol–water partition coefficient (Wildman–Crippen LogP) is 0.459. The van der Waals surface area contributed by atoms with Gasteiger partial charge < -0.3 is 5.11 Å². The molecule has 0 aliphatic rings. The highest BCUT2D eigenvalue weighted by atomic mass is 79.9. The van der Waals surface area contributed by atoms with Crippen LogP contribution in [0.2, 0.25) is 0 Å². The van der Waals surface area contributed by atoms with Crippen LogP contribution >= 0.6 is 15.9 Å². The van der Waals surface area contributed by atoms with E-state index in [1.807, 2.05) is 30.3 Å². The summed E-state index contributed by atoms with van der Waals surface area (Å²) in [7, 11) is -2.35. The Morgan fingerprint density at radius 1 is 1.38 bits per heavy atom. The molecule has 2 rings (SSSR count). The van der Waals surface area contributed by atoms with Crippen molar-refractivity contribution in [3.05, 3.63) is 40.5 Å². The maximum atomic E-state index is 12.3. The Labute approximate surface area is 131 Å². The number of halogens is 1. The number of rotatable bonds is 6. The van der Waals surface area contributed by atoms with E-state index in [1.54, 1.807) is 0 Å². The standard InChI is InChI=1S/C12H15BrN4O3S/c1-17-12(11(13)14-16-17)21(19,20)15-10(8-18)7-9-5-3-2-4-6-9/h2-6,10,15,18H,7-8H2,1H3/t10-/m0/s1. The van der Waals surface area contributed by atoms with Crippen molar-refractivity contribution in [3.8, 4) is 0 Å². The van der Waals surface area contributed by atoms with Crippen molar-refractivity contribution in [2.45, 2.75) is 17.5 Å². The van der Waals surface area contributed by atoms with Crippen LogP contribution in [0.5, 0.6) is 0 Å². The van der Waals surface area contributed by atoms with Gasteiger partial charge in [0.05, 0.1) is 6.61 Å². The normalized spacial score (nSPS) is 13.3. The number of hydrogen-bond acceptors (Lipinski definition) is 5. The number of aryl methyl sites for hydroxylation is 1. The Bertz CT molecular complexity index is 683. The molecule has 1 aromatic carbocycles. The predicted molar refractivity (Wildman–Crippen MR) is 80.0 cm³/mol. The Kier molecular flexibility index (Phi) is 5.09. The number of aromatic nitrogens is 3. The molecule has 0 radical (unpaired) electrons. The second kappa shape index (κ2) is 6.65. The summed E-state index contributed by atoms with van der Waals surface area (Å²) in [6.45, 7) is -0.309. The first-order chi connectivity index (χ1) is 9.94. The Hall–Kier alpha value is -1.29. The van der Waals surface area contributed by atoms with Gasteiger partial charge in [0, 0.05) is 13.1 Å². The third-order valence-electron chi connectivity index (χ3n) is 2.86. The largest absolute Gasteiger partial charge is 0.395 e. The summed E-state index contributed by atoms with van der Waals surface area (Å²) in [6, 6.07) is 8.72. The molecule has 1 atom stereocenters. The van der Waals surface area contributed by atoms with Gasteiger partial charge in [0.25, 0.3) is 10.0 Å². The van der Waals surface area contributed by atoms with Gasteiger partial charge in [-0.3, -0.25) is 0 Å². The Morgan fingerprint density at radius 3 is 2.57 bits per heavy atom. The average Bonchev–Trinajstić information content (AvgIpc) is 2.79. The molecule has 21 heavy (non-hydrogen) atoms. The highest BCUT2D eigenvalue weighted by Crippen LogP contribution is 2.18. The first kappa shape index (κ1) is 16.1. The zero-order valence-electron chi connectivity index (χ0n) is 11.3. The van der Waals surface area contributed by atoms with Crippen molar-refractivity contribution in [2.75, 3.05) is 6.61 Å². The molecule has 0 unspecified atom stereocenters. The lowest BCUT2D eigenvalue weighted by Gasteiger charge is -2.16. The van der Waals surface area contributed by atoms with E-state index in [4.69, 9.17) is 0 Å². The van der Waals surface area contributed by atoms with Crippen LogP contribution in [0.25, 0.3) is 0 Å². The molecule has 1 aromatic heterocycles. The van der Waals surface area contributed by atoms with Gasteiger partial charge in [-0.2, -0.15) is 0 Å². The van der Waals surface area contributed by atoms with Gasteiger partial charge in [-0.1, -0.05) is 35.5 Å². The summed E-state index contributed by atoms with van der Waals surface area (Å²) in [4.78, 5) is 0. The molecular weight excluding hydrogens is 360 g/mol. The number of sulfonamides is 1. The molecule has 2 N–H and O–H groups in total. The van der Waals surface area contributed by atoms with E-state index in [2.05, 4.69) is 31.0 Å². The van der Waals surface area contributed by atoms with Crippen LogP contribution in [0.4, 0.5) is 0 Å². The van der Waals surface area contributed by atoms with Gasteiger partial charge in [0.2, 0.25) is 5.03 Å². The lowest BCUT2D eigenvalue weighted by Crippen LogP contribution is -2.39. The molecule has 7 nitrogen and oxygen atoms in total. The zero-order valence-corrected chi connectivity index (χ0v) is 13.7. The van der Waals surface area contributed by atoms with Crippen molar-refractivity contribution in [1.29, 1.82) is 0 Å². The average molecular weight is 375 g/mol. The van der Waals surface area contributed by atoms with Crippen molar-refractivity contribution in [3.63, 3.8) is 0 Å². The molecule has 0 fully saturated rings. The van der Waals surface area contributed by atoms with Crippen LogP contribution in [0, 0.1) is 0 Å². The molecule has 0 amide bonds. The molecule has 0 aliphatic heterocycles. The van der Waals surface area contributed by atoms with Crippen molar-refractivity contribution < 1.29 is 13.5 Å². The number of aliphatic hydroxyl groups excluding tert-OH is 1. The van der Waals surface area contributed by atoms with Gasteiger partial charge in [-0.15, -0.1) is 5.10 Å². The SMILES string of the molecule is Cn1nnc(Br)c1S(=O)(=O)N[C@H](CO)Cc1ccccc1. The summed E-state index contributed by atoms with van der Waals surface area (Å²) < 4.78 is 28.4. The van der Waals surface area contributed by atoms with Crippen LogP contribution in [0.1, 0.15) is 5.56 Å². The highest BCUT2D eigenvalue weighted by molar-refractivity contribution is 9.10. The van der Waals surface area contributed by atoms with Gasteiger partial charge >= 0.3 is 0 Å². The summed E-state index contributed by atoms with van der Waals surface area (Å²) in [5.74, 6) is 0. The van der Waals surface area contributed by atoms with E-state index in [9.17, 15) is 13.5 Å². The molecule has 114 valence electrons. The number of nitrogens with zero attached hydrogens (tertiary/aromatic N) is 3. The van der Waals surface area contributed by atoms with E-state index in [0.29, 0.717) is 6.42 Å². The minimum absolute atomic E-state index is 0.0750. The fourth-order valence-corrected chi connectivity index (χ4v) is 4.25. The molecule has 0 bridgehead atoms. The van der Waals surface area contributed by atoms with E-state index in [1.165, 1.54) is 7.05 Å². The first-order valence-corrected chi connectivity index (χ1v) is 8.44. The maximum Gasteiger partial charge on any atom is 0.260 e. The topological polar surface area (TPSA) is 97.1 Å². The third kappa shape index (κ3) is 3.88.